The minimum atomic E-state index is -1.09. The molecular formula is C18H15FN8O2. The first kappa shape index (κ1) is 18.1. The van der Waals surface area contributed by atoms with E-state index in [2.05, 4.69) is 20.1 Å². The minimum Gasteiger partial charge on any atom is -0.403 e. The summed E-state index contributed by atoms with van der Waals surface area (Å²) >= 11 is 0. The molecule has 0 fully saturated rings. The van der Waals surface area contributed by atoms with E-state index < -0.39 is 6.09 Å². The van der Waals surface area contributed by atoms with Crippen LogP contribution in [0.25, 0.3) is 22.6 Å². The van der Waals surface area contributed by atoms with E-state index in [0.29, 0.717) is 22.3 Å². The Morgan fingerprint density at radius 1 is 1.10 bits per heavy atom. The van der Waals surface area contributed by atoms with E-state index in [1.165, 1.54) is 10.7 Å². The van der Waals surface area contributed by atoms with Gasteiger partial charge in [0.15, 0.2) is 23.1 Å². The van der Waals surface area contributed by atoms with E-state index >= 15 is 0 Å². The van der Waals surface area contributed by atoms with E-state index in [9.17, 15) is 9.18 Å². The first-order chi connectivity index (χ1) is 13.9. The van der Waals surface area contributed by atoms with Crippen LogP contribution in [0.2, 0.25) is 0 Å². The number of fused-ring (bicyclic) bond motifs is 1. The van der Waals surface area contributed by atoms with Gasteiger partial charge in [-0.1, -0.05) is 18.2 Å². The Hall–Kier alpha value is -4.28. The SMILES string of the molecule is NC(=O)Oc1c(N)nc(-c2nn(Cc3ccccc3F)c3ncccc23)nc1N. The number of rotatable bonds is 4. The van der Waals surface area contributed by atoms with Crippen molar-refractivity contribution in [3.63, 3.8) is 0 Å². The van der Waals surface area contributed by atoms with Crippen molar-refractivity contribution < 1.29 is 13.9 Å². The number of hydrogen-bond donors (Lipinski definition) is 3. The number of nitrogen functional groups attached to an aromatic ring is 2. The lowest BCUT2D eigenvalue weighted by Gasteiger charge is -2.08. The fraction of sp³-hybridized carbons (Fsp3) is 0.0556. The van der Waals surface area contributed by atoms with Gasteiger partial charge in [-0.25, -0.2) is 28.8 Å². The molecule has 0 radical (unpaired) electrons. The zero-order valence-corrected chi connectivity index (χ0v) is 14.9. The van der Waals surface area contributed by atoms with Gasteiger partial charge in [0.1, 0.15) is 11.5 Å². The fourth-order valence-electron chi connectivity index (χ4n) is 2.87. The number of amides is 1. The van der Waals surface area contributed by atoms with Crippen LogP contribution in [0.4, 0.5) is 20.8 Å². The summed E-state index contributed by atoms with van der Waals surface area (Å²) in [4.78, 5) is 23.6. The molecule has 0 saturated heterocycles. The van der Waals surface area contributed by atoms with Gasteiger partial charge in [0.25, 0.3) is 0 Å². The average Bonchev–Trinajstić information content (AvgIpc) is 3.05. The number of ether oxygens (including phenoxy) is 1. The Bertz CT molecular complexity index is 1220. The van der Waals surface area contributed by atoms with Crippen molar-refractivity contribution in [2.45, 2.75) is 6.54 Å². The van der Waals surface area contributed by atoms with Crippen LogP contribution >= 0.6 is 0 Å². The number of primary amides is 1. The highest BCUT2D eigenvalue weighted by molar-refractivity contribution is 5.90. The van der Waals surface area contributed by atoms with Crippen molar-refractivity contribution in [1.29, 1.82) is 0 Å². The largest absolute Gasteiger partial charge is 0.410 e. The third kappa shape index (κ3) is 3.36. The van der Waals surface area contributed by atoms with Crippen molar-refractivity contribution in [3.8, 4) is 17.3 Å². The smallest absolute Gasteiger partial charge is 0.403 e. The maximum atomic E-state index is 14.1. The highest BCUT2D eigenvalue weighted by Crippen LogP contribution is 2.31. The molecule has 11 heteroatoms. The van der Waals surface area contributed by atoms with Gasteiger partial charge < -0.3 is 21.9 Å². The number of pyridine rings is 1. The number of anilines is 2. The summed E-state index contributed by atoms with van der Waals surface area (Å²) in [6.45, 7) is 0.147. The van der Waals surface area contributed by atoms with Crippen molar-refractivity contribution in [2.24, 2.45) is 5.73 Å². The van der Waals surface area contributed by atoms with Gasteiger partial charge in [-0.15, -0.1) is 0 Å². The molecule has 10 nitrogen and oxygen atoms in total. The second kappa shape index (κ2) is 7.03. The zero-order chi connectivity index (χ0) is 20.5. The molecule has 3 heterocycles. The summed E-state index contributed by atoms with van der Waals surface area (Å²) in [6.07, 6.45) is 0.502. The minimum absolute atomic E-state index is 0.0992. The number of carbonyl (C=O) groups excluding carboxylic acids is 1. The molecule has 3 aromatic heterocycles. The summed E-state index contributed by atoms with van der Waals surface area (Å²) < 4.78 is 20.4. The molecule has 0 atom stereocenters. The van der Waals surface area contributed by atoms with E-state index in [1.54, 1.807) is 36.5 Å². The molecule has 0 spiro atoms. The second-order valence-corrected chi connectivity index (χ2v) is 6.04. The number of nitrogens with zero attached hydrogens (tertiary/aromatic N) is 5. The maximum absolute atomic E-state index is 14.1. The van der Waals surface area contributed by atoms with Crippen molar-refractivity contribution >= 4 is 28.8 Å². The molecule has 4 aromatic rings. The summed E-state index contributed by atoms with van der Waals surface area (Å²) in [6, 6.07) is 9.87. The molecule has 0 unspecified atom stereocenters. The number of hydrogen-bond acceptors (Lipinski definition) is 8. The molecule has 0 aliphatic carbocycles. The lowest BCUT2D eigenvalue weighted by molar-refractivity contribution is 0.211. The molecule has 4 rings (SSSR count). The van der Waals surface area contributed by atoms with Crippen LogP contribution in [0.3, 0.4) is 0 Å². The summed E-state index contributed by atoms with van der Waals surface area (Å²) in [5.74, 6) is -0.832. The maximum Gasteiger partial charge on any atom is 0.410 e. The number of halogens is 1. The van der Waals surface area contributed by atoms with Gasteiger partial charge >= 0.3 is 6.09 Å². The van der Waals surface area contributed by atoms with E-state index in [4.69, 9.17) is 21.9 Å². The molecule has 0 bridgehead atoms. The molecule has 1 aromatic carbocycles. The van der Waals surface area contributed by atoms with Crippen molar-refractivity contribution in [2.75, 3.05) is 11.5 Å². The lowest BCUT2D eigenvalue weighted by atomic mass is 10.2. The predicted molar refractivity (Wildman–Crippen MR) is 103 cm³/mol. The standard InChI is InChI=1S/C18H15FN8O2/c19-11-6-2-1-4-9(11)8-27-17-10(5-3-7-23-17)12(26-27)16-24-14(20)13(15(21)25-16)29-18(22)28/h1-7H,8H2,(H2,22,28)(H4,20,21,24,25). The predicted octanol–water partition coefficient (Wildman–Crippen LogP) is 1.70. The quantitative estimate of drug-likeness (QED) is 0.471. The Morgan fingerprint density at radius 3 is 2.52 bits per heavy atom. The number of nitrogens with two attached hydrogens (primary N) is 3. The summed E-state index contributed by atoms with van der Waals surface area (Å²) in [5.41, 5.74) is 18.0. The number of aromatic nitrogens is 5. The van der Waals surface area contributed by atoms with Crippen LogP contribution in [-0.4, -0.2) is 30.8 Å². The van der Waals surface area contributed by atoms with Gasteiger partial charge in [0.05, 0.1) is 11.9 Å². The lowest BCUT2D eigenvalue weighted by Crippen LogP contribution is -2.19. The summed E-state index contributed by atoms with van der Waals surface area (Å²) in [5, 5.41) is 5.10. The van der Waals surface area contributed by atoms with Gasteiger partial charge in [0.2, 0.25) is 5.75 Å². The van der Waals surface area contributed by atoms with E-state index in [0.717, 1.165) is 0 Å². The first-order valence-electron chi connectivity index (χ1n) is 8.39. The topological polar surface area (TPSA) is 161 Å². The van der Waals surface area contributed by atoms with Gasteiger partial charge in [0, 0.05) is 11.8 Å². The van der Waals surface area contributed by atoms with Crippen molar-refractivity contribution in [1.82, 2.24) is 24.7 Å². The van der Waals surface area contributed by atoms with Crippen LogP contribution in [-0.2, 0) is 6.54 Å². The van der Waals surface area contributed by atoms with E-state index in [1.807, 2.05) is 0 Å². The third-order valence-electron chi connectivity index (χ3n) is 4.12. The monoisotopic (exact) mass is 394 g/mol. The third-order valence-corrected chi connectivity index (χ3v) is 4.12. The Labute approximate surface area is 163 Å². The van der Waals surface area contributed by atoms with Gasteiger partial charge in [-0.3, -0.25) is 0 Å². The molecule has 0 aliphatic rings. The normalized spacial score (nSPS) is 10.9. The number of carbonyl (C=O) groups is 1. The van der Waals surface area contributed by atoms with Crippen molar-refractivity contribution in [3.05, 3.63) is 54.0 Å². The Morgan fingerprint density at radius 2 is 1.83 bits per heavy atom. The summed E-state index contributed by atoms with van der Waals surface area (Å²) in [7, 11) is 0. The Kier molecular flexibility index (Phi) is 4.39. The van der Waals surface area contributed by atoms with E-state index in [-0.39, 0.29) is 35.6 Å². The van der Waals surface area contributed by atoms with Gasteiger partial charge in [-0.2, -0.15) is 5.10 Å². The average molecular weight is 394 g/mol. The first-order valence-corrected chi connectivity index (χ1v) is 8.39. The highest BCUT2D eigenvalue weighted by Gasteiger charge is 2.20. The number of benzene rings is 1. The van der Waals surface area contributed by atoms with Crippen LogP contribution in [0, 0.1) is 5.82 Å². The fourth-order valence-corrected chi connectivity index (χ4v) is 2.87. The molecule has 146 valence electrons. The zero-order valence-electron chi connectivity index (χ0n) is 14.9. The molecule has 0 saturated carbocycles. The van der Waals surface area contributed by atoms with Crippen LogP contribution in [0.15, 0.2) is 42.6 Å². The Balaban J connectivity index is 1.83. The molecule has 1 amide bonds. The molecular weight excluding hydrogens is 379 g/mol. The van der Waals surface area contributed by atoms with Crippen LogP contribution in [0.5, 0.6) is 5.75 Å². The second-order valence-electron chi connectivity index (χ2n) is 6.04. The van der Waals surface area contributed by atoms with Crippen LogP contribution in [0.1, 0.15) is 5.56 Å². The molecule has 0 aliphatic heterocycles. The van der Waals surface area contributed by atoms with Gasteiger partial charge in [-0.05, 0) is 18.2 Å². The molecule has 29 heavy (non-hydrogen) atoms. The molecule has 6 N–H and O–H groups in total. The highest BCUT2D eigenvalue weighted by atomic mass is 19.1. The van der Waals surface area contributed by atoms with Crippen LogP contribution < -0.4 is 21.9 Å².